The Morgan fingerprint density at radius 1 is 1.41 bits per heavy atom. The molecule has 0 spiro atoms. The van der Waals surface area contributed by atoms with Crippen molar-refractivity contribution in [2.45, 2.75) is 50.4 Å². The van der Waals surface area contributed by atoms with Crippen molar-refractivity contribution in [3.63, 3.8) is 0 Å². The van der Waals surface area contributed by atoms with Gasteiger partial charge in [0.15, 0.2) is 0 Å². The summed E-state index contributed by atoms with van der Waals surface area (Å²) in [5.41, 5.74) is 6.40. The fourth-order valence-electron chi connectivity index (χ4n) is 1.68. The fraction of sp³-hybridized carbons (Fsp3) is 0.615. The van der Waals surface area contributed by atoms with E-state index in [1.54, 1.807) is 11.8 Å². The smallest absolute Gasteiger partial charge is 0.0964 e. The van der Waals surface area contributed by atoms with E-state index in [9.17, 15) is 0 Å². The second-order valence-electron chi connectivity index (χ2n) is 5.29. The molecule has 17 heavy (non-hydrogen) atoms. The molecule has 0 saturated carbocycles. The van der Waals surface area contributed by atoms with Crippen molar-refractivity contribution >= 4 is 27.7 Å². The van der Waals surface area contributed by atoms with E-state index in [-0.39, 0.29) is 11.5 Å². The van der Waals surface area contributed by atoms with E-state index in [0.29, 0.717) is 5.25 Å². The monoisotopic (exact) mass is 316 g/mol. The van der Waals surface area contributed by atoms with E-state index < -0.39 is 0 Å². The van der Waals surface area contributed by atoms with Crippen molar-refractivity contribution in [1.29, 1.82) is 0 Å². The van der Waals surface area contributed by atoms with E-state index >= 15 is 0 Å². The second kappa shape index (κ2) is 6.21. The van der Waals surface area contributed by atoms with E-state index in [1.165, 1.54) is 0 Å². The molecule has 2 nitrogen and oxygen atoms in total. The molecule has 2 N–H and O–H groups in total. The zero-order chi connectivity index (χ0) is 13.1. The number of nitrogens with two attached hydrogens (primary N) is 1. The molecule has 0 aromatic carbocycles. The summed E-state index contributed by atoms with van der Waals surface area (Å²) in [7, 11) is 0. The van der Waals surface area contributed by atoms with Gasteiger partial charge in [-0.3, -0.25) is 0 Å². The first kappa shape index (κ1) is 15.0. The van der Waals surface area contributed by atoms with Gasteiger partial charge in [-0.25, -0.2) is 4.98 Å². The lowest BCUT2D eigenvalue weighted by Crippen LogP contribution is -2.40. The molecule has 2 atom stereocenters. The molecule has 96 valence electrons. The summed E-state index contributed by atoms with van der Waals surface area (Å²) in [6, 6.07) is 4.26. The minimum atomic E-state index is 0.175. The SMILES string of the molecule is CCC(N)C(Sc1ccc(Br)cn1)C(C)(C)C. The normalized spacial score (nSPS) is 15.6. The highest BCUT2D eigenvalue weighted by molar-refractivity contribution is 9.10. The van der Waals surface area contributed by atoms with E-state index in [4.69, 9.17) is 5.73 Å². The Kier molecular flexibility index (Phi) is 5.48. The third-order valence-electron chi connectivity index (χ3n) is 2.66. The molecule has 1 aromatic heterocycles. The van der Waals surface area contributed by atoms with E-state index in [2.05, 4.69) is 48.6 Å². The molecule has 0 aliphatic heterocycles. The van der Waals surface area contributed by atoms with Gasteiger partial charge in [-0.05, 0) is 39.9 Å². The molecular weight excluding hydrogens is 296 g/mol. The van der Waals surface area contributed by atoms with Crippen LogP contribution in [0.4, 0.5) is 0 Å². The summed E-state index contributed by atoms with van der Waals surface area (Å²) in [5, 5.41) is 1.42. The zero-order valence-electron chi connectivity index (χ0n) is 10.9. The minimum absolute atomic E-state index is 0.175. The minimum Gasteiger partial charge on any atom is -0.327 e. The topological polar surface area (TPSA) is 38.9 Å². The van der Waals surface area contributed by atoms with Crippen LogP contribution < -0.4 is 5.73 Å². The first-order valence-corrected chi connectivity index (χ1v) is 7.55. The van der Waals surface area contributed by atoms with Crippen LogP contribution in [0.1, 0.15) is 34.1 Å². The molecule has 4 heteroatoms. The maximum absolute atomic E-state index is 6.22. The molecule has 0 aliphatic carbocycles. The molecule has 0 fully saturated rings. The number of rotatable bonds is 4. The molecule has 0 bridgehead atoms. The number of halogens is 1. The van der Waals surface area contributed by atoms with Crippen LogP contribution in [0.15, 0.2) is 27.8 Å². The summed E-state index contributed by atoms with van der Waals surface area (Å²) in [6.45, 7) is 8.84. The van der Waals surface area contributed by atoms with Crippen molar-refractivity contribution in [1.82, 2.24) is 4.98 Å². The Hall–Kier alpha value is -0.0600. The van der Waals surface area contributed by atoms with Gasteiger partial charge >= 0.3 is 0 Å². The number of hydrogen-bond acceptors (Lipinski definition) is 3. The van der Waals surface area contributed by atoms with Crippen LogP contribution in [0.25, 0.3) is 0 Å². The molecule has 2 unspecified atom stereocenters. The summed E-state index contributed by atoms with van der Waals surface area (Å²) >= 11 is 5.18. The quantitative estimate of drug-likeness (QED) is 0.850. The molecule has 0 amide bonds. The Bertz CT molecular complexity index is 345. The molecule has 1 rings (SSSR count). The third kappa shape index (κ3) is 4.60. The largest absolute Gasteiger partial charge is 0.327 e. The van der Waals surface area contributed by atoms with E-state index in [0.717, 1.165) is 15.9 Å². The van der Waals surface area contributed by atoms with Gasteiger partial charge in [0.25, 0.3) is 0 Å². The molecule has 1 aromatic rings. The van der Waals surface area contributed by atoms with Crippen molar-refractivity contribution in [3.05, 3.63) is 22.8 Å². The van der Waals surface area contributed by atoms with Crippen molar-refractivity contribution in [2.75, 3.05) is 0 Å². The van der Waals surface area contributed by atoms with Crippen LogP contribution in [-0.2, 0) is 0 Å². The summed E-state index contributed by atoms with van der Waals surface area (Å²) in [5.74, 6) is 0. The van der Waals surface area contributed by atoms with Crippen molar-refractivity contribution < 1.29 is 0 Å². The average molecular weight is 317 g/mol. The fourth-order valence-corrected chi connectivity index (χ4v) is 3.16. The van der Waals surface area contributed by atoms with Gasteiger partial charge in [-0.15, -0.1) is 11.8 Å². The van der Waals surface area contributed by atoms with Crippen LogP contribution >= 0.6 is 27.7 Å². The predicted octanol–water partition coefficient (Wildman–Crippen LogP) is 4.09. The lowest BCUT2D eigenvalue weighted by Gasteiger charge is -2.34. The number of aromatic nitrogens is 1. The first-order chi connectivity index (χ1) is 7.84. The molecule has 0 saturated heterocycles. The van der Waals surface area contributed by atoms with Gasteiger partial charge in [0.1, 0.15) is 0 Å². The van der Waals surface area contributed by atoms with Crippen LogP contribution in [0.2, 0.25) is 0 Å². The highest BCUT2D eigenvalue weighted by atomic mass is 79.9. The van der Waals surface area contributed by atoms with Gasteiger partial charge in [0.05, 0.1) is 5.03 Å². The summed E-state index contributed by atoms with van der Waals surface area (Å²) < 4.78 is 1.01. The highest BCUT2D eigenvalue weighted by Gasteiger charge is 2.30. The third-order valence-corrected chi connectivity index (χ3v) is 4.92. The van der Waals surface area contributed by atoms with Gasteiger partial charge in [0.2, 0.25) is 0 Å². The van der Waals surface area contributed by atoms with Gasteiger partial charge in [-0.1, -0.05) is 27.7 Å². The van der Waals surface area contributed by atoms with Gasteiger partial charge in [-0.2, -0.15) is 0 Å². The first-order valence-electron chi connectivity index (χ1n) is 5.88. The zero-order valence-corrected chi connectivity index (χ0v) is 13.3. The van der Waals surface area contributed by atoms with Crippen molar-refractivity contribution in [3.8, 4) is 0 Å². The summed E-state index contributed by atoms with van der Waals surface area (Å²) in [6.07, 6.45) is 2.82. The molecule has 1 heterocycles. The van der Waals surface area contributed by atoms with Crippen LogP contribution in [0.5, 0.6) is 0 Å². The second-order valence-corrected chi connectivity index (χ2v) is 7.37. The Morgan fingerprint density at radius 2 is 2.06 bits per heavy atom. The Balaban J connectivity index is 2.83. The Labute approximate surface area is 117 Å². The number of nitrogens with zero attached hydrogens (tertiary/aromatic N) is 1. The van der Waals surface area contributed by atoms with Gasteiger partial charge in [0, 0.05) is 22.0 Å². The lowest BCUT2D eigenvalue weighted by atomic mass is 9.87. The van der Waals surface area contributed by atoms with E-state index in [1.807, 2.05) is 18.3 Å². The van der Waals surface area contributed by atoms with Crippen molar-refractivity contribution in [2.24, 2.45) is 11.1 Å². The van der Waals surface area contributed by atoms with Gasteiger partial charge < -0.3 is 5.73 Å². The highest BCUT2D eigenvalue weighted by Crippen LogP contribution is 2.37. The Morgan fingerprint density at radius 3 is 2.47 bits per heavy atom. The van der Waals surface area contributed by atoms with Crippen LogP contribution in [-0.4, -0.2) is 16.3 Å². The lowest BCUT2D eigenvalue weighted by molar-refractivity contribution is 0.350. The van der Waals surface area contributed by atoms with Crippen LogP contribution in [0.3, 0.4) is 0 Å². The molecule has 0 radical (unpaired) electrons. The summed E-state index contributed by atoms with van der Waals surface area (Å²) in [4.78, 5) is 4.41. The molecule has 0 aliphatic rings. The maximum atomic E-state index is 6.22. The number of thioether (sulfide) groups is 1. The average Bonchev–Trinajstić information content (AvgIpc) is 2.25. The maximum Gasteiger partial charge on any atom is 0.0964 e. The molecular formula is C13H21BrN2S. The number of hydrogen-bond donors (Lipinski definition) is 1. The predicted molar refractivity (Wildman–Crippen MR) is 79.3 cm³/mol. The van der Waals surface area contributed by atoms with Crippen LogP contribution in [0, 0.1) is 5.41 Å². The number of pyridine rings is 1. The standard InChI is InChI=1S/C13H21BrN2S/c1-5-10(15)12(13(2,3)4)17-11-7-6-9(14)8-16-11/h6-8,10,12H,5,15H2,1-4H3.